The highest BCUT2D eigenvalue weighted by atomic mass is 16.4. The van der Waals surface area contributed by atoms with Crippen LogP contribution in [0.25, 0.3) is 0 Å². The first-order valence-corrected chi connectivity index (χ1v) is 6.25. The maximum Gasteiger partial charge on any atom is 0.330 e. The van der Waals surface area contributed by atoms with Crippen molar-refractivity contribution in [3.8, 4) is 0 Å². The van der Waals surface area contributed by atoms with E-state index in [1.54, 1.807) is 24.3 Å². The van der Waals surface area contributed by atoms with Crippen LogP contribution < -0.4 is 0 Å². The molecule has 0 radical (unpaired) electrons. The largest absolute Gasteiger partial charge is 0.479 e. The topological polar surface area (TPSA) is 74.7 Å². The summed E-state index contributed by atoms with van der Waals surface area (Å²) in [4.78, 5) is 37.0. The van der Waals surface area contributed by atoms with E-state index < -0.39 is 23.3 Å². The lowest BCUT2D eigenvalue weighted by Gasteiger charge is -2.46. The molecule has 19 heavy (non-hydrogen) atoms. The lowest BCUT2D eigenvalue weighted by Crippen LogP contribution is -2.64. The van der Waals surface area contributed by atoms with Gasteiger partial charge in [0.15, 0.2) is 0 Å². The van der Waals surface area contributed by atoms with Crippen LogP contribution in [0.5, 0.6) is 0 Å². The number of hydrogen-bond donors (Lipinski definition) is 1. The van der Waals surface area contributed by atoms with Crippen LogP contribution in [0.15, 0.2) is 24.3 Å². The normalized spacial score (nSPS) is 20.7. The Morgan fingerprint density at radius 1 is 1.21 bits per heavy atom. The van der Waals surface area contributed by atoms with Crippen molar-refractivity contribution < 1.29 is 19.5 Å². The summed E-state index contributed by atoms with van der Waals surface area (Å²) in [5.41, 5.74) is -0.204. The molecule has 5 heteroatoms. The third-order valence-corrected chi connectivity index (χ3v) is 4.05. The number of carboxylic acids is 1. The van der Waals surface area contributed by atoms with Crippen molar-refractivity contribution in [2.24, 2.45) is 0 Å². The molecule has 1 aromatic rings. The maximum atomic E-state index is 12.4. The Morgan fingerprint density at radius 2 is 1.89 bits per heavy atom. The Bertz CT molecular complexity index is 589. The number of imide groups is 1. The Morgan fingerprint density at radius 3 is 2.47 bits per heavy atom. The SMILES string of the molecule is O=C1Cc2ccccc2C(=O)N1C1(C(=O)O)CCC1. The summed E-state index contributed by atoms with van der Waals surface area (Å²) in [6.07, 6.45) is 1.52. The van der Waals surface area contributed by atoms with Gasteiger partial charge in [0.1, 0.15) is 5.54 Å². The van der Waals surface area contributed by atoms with E-state index in [9.17, 15) is 19.5 Å². The molecule has 1 fully saturated rings. The first-order chi connectivity index (χ1) is 9.06. The van der Waals surface area contributed by atoms with Gasteiger partial charge in [0.05, 0.1) is 6.42 Å². The molecule has 1 saturated carbocycles. The summed E-state index contributed by atoms with van der Waals surface area (Å²) in [5, 5.41) is 9.37. The first kappa shape index (κ1) is 11.9. The van der Waals surface area contributed by atoms with Gasteiger partial charge in [0.2, 0.25) is 5.91 Å². The van der Waals surface area contributed by atoms with Crippen molar-refractivity contribution >= 4 is 17.8 Å². The van der Waals surface area contributed by atoms with Gasteiger partial charge in [-0.3, -0.25) is 14.5 Å². The number of amides is 2. The zero-order valence-electron chi connectivity index (χ0n) is 10.3. The standard InChI is InChI=1S/C14H13NO4/c16-11-8-9-4-1-2-5-10(9)12(17)15(11)14(13(18)19)6-3-7-14/h1-2,4-5H,3,6-8H2,(H,18,19). The number of benzene rings is 1. The molecular formula is C14H13NO4. The Hall–Kier alpha value is -2.17. The number of carbonyl (C=O) groups is 3. The van der Waals surface area contributed by atoms with E-state index in [0.717, 1.165) is 11.3 Å². The predicted octanol–water partition coefficient (Wildman–Crippen LogP) is 1.22. The predicted molar refractivity (Wildman–Crippen MR) is 65.5 cm³/mol. The second-order valence-electron chi connectivity index (χ2n) is 5.06. The molecule has 0 atom stereocenters. The monoisotopic (exact) mass is 259 g/mol. The average molecular weight is 259 g/mol. The number of fused-ring (bicyclic) bond motifs is 1. The summed E-state index contributed by atoms with van der Waals surface area (Å²) in [7, 11) is 0. The molecule has 0 spiro atoms. The average Bonchev–Trinajstić information content (AvgIpc) is 2.31. The third-order valence-electron chi connectivity index (χ3n) is 4.05. The second-order valence-corrected chi connectivity index (χ2v) is 5.06. The van der Waals surface area contributed by atoms with E-state index >= 15 is 0 Å². The summed E-state index contributed by atoms with van der Waals surface area (Å²) >= 11 is 0. The van der Waals surface area contributed by atoms with E-state index in [-0.39, 0.29) is 6.42 Å². The summed E-state index contributed by atoms with van der Waals surface area (Å²) in [6, 6.07) is 6.87. The molecule has 2 amide bonds. The van der Waals surface area contributed by atoms with Gasteiger partial charge < -0.3 is 5.11 Å². The van der Waals surface area contributed by atoms with Gasteiger partial charge in [0, 0.05) is 5.56 Å². The van der Waals surface area contributed by atoms with Gasteiger partial charge in [-0.25, -0.2) is 4.79 Å². The highest BCUT2D eigenvalue weighted by molar-refractivity contribution is 6.12. The highest BCUT2D eigenvalue weighted by Gasteiger charge is 2.55. The molecule has 0 saturated heterocycles. The van der Waals surface area contributed by atoms with Crippen molar-refractivity contribution in [3.05, 3.63) is 35.4 Å². The second kappa shape index (κ2) is 3.91. The van der Waals surface area contributed by atoms with Gasteiger partial charge in [-0.15, -0.1) is 0 Å². The quantitative estimate of drug-likeness (QED) is 0.810. The Balaban J connectivity index is 2.07. The molecule has 5 nitrogen and oxygen atoms in total. The van der Waals surface area contributed by atoms with Crippen molar-refractivity contribution in [3.63, 3.8) is 0 Å². The first-order valence-electron chi connectivity index (χ1n) is 6.25. The molecular weight excluding hydrogens is 246 g/mol. The van der Waals surface area contributed by atoms with Gasteiger partial charge in [0.25, 0.3) is 5.91 Å². The van der Waals surface area contributed by atoms with Crippen molar-refractivity contribution in [2.45, 2.75) is 31.2 Å². The van der Waals surface area contributed by atoms with Crippen LogP contribution in [0, 0.1) is 0 Å². The Labute approximate surface area is 109 Å². The molecule has 3 rings (SSSR count). The molecule has 1 N–H and O–H groups in total. The zero-order valence-corrected chi connectivity index (χ0v) is 10.3. The van der Waals surface area contributed by atoms with Crippen molar-refractivity contribution in [1.82, 2.24) is 4.90 Å². The summed E-state index contributed by atoms with van der Waals surface area (Å²) < 4.78 is 0. The lowest BCUT2D eigenvalue weighted by atomic mass is 9.74. The fraction of sp³-hybridized carbons (Fsp3) is 0.357. The van der Waals surface area contributed by atoms with Gasteiger partial charge >= 0.3 is 5.97 Å². The minimum absolute atomic E-state index is 0.0942. The molecule has 1 aromatic carbocycles. The number of rotatable bonds is 2. The zero-order chi connectivity index (χ0) is 13.6. The van der Waals surface area contributed by atoms with Gasteiger partial charge in [-0.05, 0) is 30.9 Å². The van der Waals surface area contributed by atoms with E-state index in [0.29, 0.717) is 24.0 Å². The lowest BCUT2D eigenvalue weighted by molar-refractivity contribution is -0.162. The van der Waals surface area contributed by atoms with Crippen LogP contribution in [0.2, 0.25) is 0 Å². The summed E-state index contributed by atoms with van der Waals surface area (Å²) in [5.74, 6) is -1.97. The minimum atomic E-state index is -1.32. The van der Waals surface area contributed by atoms with Crippen LogP contribution in [0.1, 0.15) is 35.2 Å². The molecule has 1 heterocycles. The fourth-order valence-corrected chi connectivity index (χ4v) is 2.84. The van der Waals surface area contributed by atoms with Crippen molar-refractivity contribution in [2.75, 3.05) is 0 Å². The number of carboxylic acid groups (broad SMARTS) is 1. The highest BCUT2D eigenvalue weighted by Crippen LogP contribution is 2.40. The number of carbonyl (C=O) groups excluding carboxylic acids is 2. The van der Waals surface area contributed by atoms with E-state index in [2.05, 4.69) is 0 Å². The molecule has 0 bridgehead atoms. The Kier molecular flexibility index (Phi) is 2.45. The molecule has 2 aliphatic rings. The van der Waals surface area contributed by atoms with Crippen LogP contribution in [-0.4, -0.2) is 33.3 Å². The maximum absolute atomic E-state index is 12.4. The molecule has 1 aliphatic heterocycles. The van der Waals surface area contributed by atoms with E-state index in [4.69, 9.17) is 0 Å². The van der Waals surface area contributed by atoms with Crippen LogP contribution in [0.3, 0.4) is 0 Å². The van der Waals surface area contributed by atoms with Crippen LogP contribution >= 0.6 is 0 Å². The minimum Gasteiger partial charge on any atom is -0.479 e. The van der Waals surface area contributed by atoms with E-state index in [1.807, 2.05) is 0 Å². The molecule has 0 unspecified atom stereocenters. The number of hydrogen-bond acceptors (Lipinski definition) is 3. The fourth-order valence-electron chi connectivity index (χ4n) is 2.84. The van der Waals surface area contributed by atoms with Crippen LogP contribution in [0.4, 0.5) is 0 Å². The van der Waals surface area contributed by atoms with Crippen molar-refractivity contribution in [1.29, 1.82) is 0 Å². The van der Waals surface area contributed by atoms with Crippen LogP contribution in [-0.2, 0) is 16.0 Å². The smallest absolute Gasteiger partial charge is 0.330 e. The third kappa shape index (κ3) is 1.51. The number of nitrogens with zero attached hydrogens (tertiary/aromatic N) is 1. The van der Waals surface area contributed by atoms with E-state index in [1.165, 1.54) is 0 Å². The number of aliphatic carboxylic acids is 1. The van der Waals surface area contributed by atoms with Gasteiger partial charge in [-0.2, -0.15) is 0 Å². The molecule has 1 aliphatic carbocycles. The van der Waals surface area contributed by atoms with Gasteiger partial charge in [-0.1, -0.05) is 18.2 Å². The molecule has 98 valence electrons. The summed E-state index contributed by atoms with van der Waals surface area (Å²) in [6.45, 7) is 0. The molecule has 0 aromatic heterocycles.